The van der Waals surface area contributed by atoms with E-state index in [0.717, 1.165) is 28.1 Å². The molecule has 6 nitrogen and oxygen atoms in total. The van der Waals surface area contributed by atoms with E-state index in [1.807, 2.05) is 63.2 Å². The number of carbonyl (C=O) groups is 2. The third-order valence-corrected chi connectivity index (χ3v) is 5.14. The van der Waals surface area contributed by atoms with Crippen molar-refractivity contribution < 1.29 is 19.1 Å². The molecule has 0 aliphatic rings. The van der Waals surface area contributed by atoms with Crippen LogP contribution >= 0.6 is 0 Å². The third-order valence-electron chi connectivity index (χ3n) is 5.14. The first kappa shape index (κ1) is 23.9. The Morgan fingerprint density at radius 2 is 1.45 bits per heavy atom. The maximum absolute atomic E-state index is 13.0. The Bertz CT molecular complexity index is 1090. The van der Waals surface area contributed by atoms with Crippen LogP contribution in [0.2, 0.25) is 0 Å². The predicted octanol–water partition coefficient (Wildman–Crippen LogP) is 4.78. The number of para-hydroxylation sites is 2. The number of anilines is 1. The molecule has 0 fully saturated rings. The number of aryl methyl sites for hydroxylation is 3. The van der Waals surface area contributed by atoms with Crippen molar-refractivity contribution in [3.8, 4) is 11.5 Å². The zero-order valence-electron chi connectivity index (χ0n) is 19.6. The highest BCUT2D eigenvalue weighted by molar-refractivity contribution is 6.01. The van der Waals surface area contributed by atoms with Gasteiger partial charge in [0.2, 0.25) is 5.91 Å². The van der Waals surface area contributed by atoms with Crippen LogP contribution in [0.25, 0.3) is 0 Å². The van der Waals surface area contributed by atoms with Gasteiger partial charge in [-0.05, 0) is 56.2 Å². The van der Waals surface area contributed by atoms with Gasteiger partial charge in [-0.2, -0.15) is 0 Å². The Kier molecular flexibility index (Phi) is 8.08. The summed E-state index contributed by atoms with van der Waals surface area (Å²) in [4.78, 5) is 27.0. The molecule has 0 atom stereocenters. The van der Waals surface area contributed by atoms with Gasteiger partial charge >= 0.3 is 0 Å². The van der Waals surface area contributed by atoms with Crippen molar-refractivity contribution in [3.63, 3.8) is 0 Å². The number of rotatable bonds is 9. The van der Waals surface area contributed by atoms with E-state index in [4.69, 9.17) is 9.47 Å². The highest BCUT2D eigenvalue weighted by Gasteiger charge is 2.19. The SMILES string of the molecule is Cc1cc(C)c(NC(=O)CN(C)C(=O)c2ccccc2OCCOc2ccccc2)c(C)c1. The molecule has 0 saturated carbocycles. The Balaban J connectivity index is 1.58. The van der Waals surface area contributed by atoms with Crippen molar-refractivity contribution in [2.45, 2.75) is 20.8 Å². The summed E-state index contributed by atoms with van der Waals surface area (Å²) in [5, 5.41) is 2.93. The second-order valence-corrected chi connectivity index (χ2v) is 7.99. The van der Waals surface area contributed by atoms with Crippen molar-refractivity contribution in [3.05, 3.63) is 89.0 Å². The summed E-state index contributed by atoms with van der Waals surface area (Å²) >= 11 is 0. The average Bonchev–Trinajstić information content (AvgIpc) is 2.79. The Morgan fingerprint density at radius 3 is 2.15 bits per heavy atom. The monoisotopic (exact) mass is 446 g/mol. The van der Waals surface area contributed by atoms with Crippen molar-refractivity contribution in [1.82, 2.24) is 4.90 Å². The molecule has 0 aliphatic carbocycles. The number of nitrogens with one attached hydrogen (secondary N) is 1. The molecule has 0 bridgehead atoms. The molecule has 0 heterocycles. The molecule has 3 aromatic carbocycles. The van der Waals surface area contributed by atoms with E-state index in [0.29, 0.717) is 17.9 Å². The van der Waals surface area contributed by atoms with E-state index in [9.17, 15) is 9.59 Å². The molecule has 3 aromatic rings. The number of ether oxygens (including phenoxy) is 2. The molecule has 1 N–H and O–H groups in total. The van der Waals surface area contributed by atoms with Crippen LogP contribution in [0.4, 0.5) is 5.69 Å². The van der Waals surface area contributed by atoms with E-state index in [2.05, 4.69) is 5.32 Å². The number of likely N-dealkylation sites (N-methyl/N-ethyl adjacent to an activating group) is 1. The molecule has 33 heavy (non-hydrogen) atoms. The van der Waals surface area contributed by atoms with Gasteiger partial charge in [0, 0.05) is 12.7 Å². The number of hydrogen-bond donors (Lipinski definition) is 1. The maximum Gasteiger partial charge on any atom is 0.257 e. The average molecular weight is 447 g/mol. The first-order valence-electron chi connectivity index (χ1n) is 10.9. The van der Waals surface area contributed by atoms with Gasteiger partial charge in [-0.1, -0.05) is 48.0 Å². The zero-order chi connectivity index (χ0) is 23.8. The molecule has 6 heteroatoms. The minimum atomic E-state index is -0.290. The molecule has 0 saturated heterocycles. The summed E-state index contributed by atoms with van der Waals surface area (Å²) in [6, 6.07) is 20.5. The van der Waals surface area contributed by atoms with E-state index >= 15 is 0 Å². The van der Waals surface area contributed by atoms with E-state index < -0.39 is 0 Å². The Hall–Kier alpha value is -3.80. The van der Waals surface area contributed by atoms with Gasteiger partial charge in [0.15, 0.2) is 0 Å². The maximum atomic E-state index is 13.0. The van der Waals surface area contributed by atoms with Crippen molar-refractivity contribution in [1.29, 1.82) is 0 Å². The molecule has 172 valence electrons. The number of hydrogen-bond acceptors (Lipinski definition) is 4. The Morgan fingerprint density at radius 1 is 0.848 bits per heavy atom. The van der Waals surface area contributed by atoms with E-state index in [-0.39, 0.29) is 25.0 Å². The first-order chi connectivity index (χ1) is 15.8. The summed E-state index contributed by atoms with van der Waals surface area (Å²) in [6.07, 6.45) is 0. The molecule has 0 spiro atoms. The van der Waals surface area contributed by atoms with Gasteiger partial charge < -0.3 is 19.7 Å². The standard InChI is InChI=1S/C27H30N2O4/c1-19-16-20(2)26(21(3)17-19)28-25(30)18-29(4)27(31)23-12-8-9-13-24(23)33-15-14-32-22-10-6-5-7-11-22/h5-13,16-17H,14-15,18H2,1-4H3,(H,28,30). The lowest BCUT2D eigenvalue weighted by Crippen LogP contribution is -2.35. The highest BCUT2D eigenvalue weighted by atomic mass is 16.5. The van der Waals surface area contributed by atoms with Gasteiger partial charge in [-0.3, -0.25) is 9.59 Å². The third kappa shape index (κ3) is 6.59. The van der Waals surface area contributed by atoms with Gasteiger partial charge in [-0.15, -0.1) is 0 Å². The van der Waals surface area contributed by atoms with Crippen molar-refractivity contribution >= 4 is 17.5 Å². The molecule has 0 radical (unpaired) electrons. The fourth-order valence-electron chi connectivity index (χ4n) is 3.65. The smallest absolute Gasteiger partial charge is 0.257 e. The summed E-state index contributed by atoms with van der Waals surface area (Å²) in [5.74, 6) is 0.671. The summed E-state index contributed by atoms with van der Waals surface area (Å²) in [7, 11) is 1.60. The van der Waals surface area contributed by atoms with Gasteiger partial charge in [0.1, 0.15) is 24.7 Å². The molecule has 0 aliphatic heterocycles. The van der Waals surface area contributed by atoms with Gasteiger partial charge in [-0.25, -0.2) is 0 Å². The van der Waals surface area contributed by atoms with Crippen LogP contribution in [0, 0.1) is 20.8 Å². The van der Waals surface area contributed by atoms with Gasteiger partial charge in [0.25, 0.3) is 5.91 Å². The number of carbonyl (C=O) groups excluding carboxylic acids is 2. The van der Waals surface area contributed by atoms with E-state index in [1.54, 1.807) is 31.3 Å². The van der Waals surface area contributed by atoms with Crippen LogP contribution in [-0.4, -0.2) is 43.5 Å². The molecular weight excluding hydrogens is 416 g/mol. The number of benzene rings is 3. The summed E-state index contributed by atoms with van der Waals surface area (Å²) < 4.78 is 11.4. The van der Waals surface area contributed by atoms with Crippen LogP contribution in [0.1, 0.15) is 27.0 Å². The highest BCUT2D eigenvalue weighted by Crippen LogP contribution is 2.23. The lowest BCUT2D eigenvalue weighted by molar-refractivity contribution is -0.116. The van der Waals surface area contributed by atoms with Crippen LogP contribution in [0.3, 0.4) is 0 Å². The lowest BCUT2D eigenvalue weighted by atomic mass is 10.1. The topological polar surface area (TPSA) is 67.9 Å². The van der Waals surface area contributed by atoms with Crippen LogP contribution in [0.15, 0.2) is 66.7 Å². The quantitative estimate of drug-likeness (QED) is 0.481. The second kappa shape index (κ2) is 11.2. The molecule has 2 amide bonds. The fraction of sp³-hybridized carbons (Fsp3) is 0.259. The molecular formula is C27H30N2O4. The lowest BCUT2D eigenvalue weighted by Gasteiger charge is -2.20. The zero-order valence-corrected chi connectivity index (χ0v) is 19.6. The first-order valence-corrected chi connectivity index (χ1v) is 10.9. The molecule has 0 aromatic heterocycles. The minimum absolute atomic E-state index is 0.0724. The fourth-order valence-corrected chi connectivity index (χ4v) is 3.65. The summed E-state index contributed by atoms with van der Waals surface area (Å²) in [5.41, 5.74) is 4.31. The minimum Gasteiger partial charge on any atom is -0.490 e. The molecule has 0 unspecified atom stereocenters. The van der Waals surface area contributed by atoms with Crippen LogP contribution < -0.4 is 14.8 Å². The summed E-state index contributed by atoms with van der Waals surface area (Å²) in [6.45, 7) is 6.50. The normalized spacial score (nSPS) is 10.4. The largest absolute Gasteiger partial charge is 0.490 e. The van der Waals surface area contributed by atoms with Crippen LogP contribution in [0.5, 0.6) is 11.5 Å². The number of amides is 2. The molecule has 3 rings (SSSR count). The van der Waals surface area contributed by atoms with E-state index in [1.165, 1.54) is 4.90 Å². The van der Waals surface area contributed by atoms with Crippen molar-refractivity contribution in [2.75, 3.05) is 32.1 Å². The Labute approximate surface area is 195 Å². The predicted molar refractivity (Wildman–Crippen MR) is 130 cm³/mol. The van der Waals surface area contributed by atoms with Crippen molar-refractivity contribution in [2.24, 2.45) is 0 Å². The second-order valence-electron chi connectivity index (χ2n) is 7.99. The number of nitrogens with zero attached hydrogens (tertiary/aromatic N) is 1. The van der Waals surface area contributed by atoms with Gasteiger partial charge in [0.05, 0.1) is 12.1 Å². The van der Waals surface area contributed by atoms with Crippen LogP contribution in [-0.2, 0) is 4.79 Å².